The number of anilines is 1. The van der Waals surface area contributed by atoms with Crippen LogP contribution in [0.3, 0.4) is 0 Å². The van der Waals surface area contributed by atoms with E-state index in [9.17, 15) is 4.91 Å². The molecular weight excluding hydrogens is 286 g/mol. The van der Waals surface area contributed by atoms with Crippen LogP contribution in [-0.2, 0) is 0 Å². The average molecular weight is 311 g/mol. The summed E-state index contributed by atoms with van der Waals surface area (Å²) in [4.78, 5) is 12.1. The fourth-order valence-corrected chi connectivity index (χ4v) is 2.11. The van der Waals surface area contributed by atoms with Crippen LogP contribution in [0.25, 0.3) is 5.57 Å². The Morgan fingerprint density at radius 3 is 2.35 bits per heavy atom. The normalized spacial score (nSPS) is 12.8. The lowest BCUT2D eigenvalue weighted by Crippen LogP contribution is -2.08. The van der Waals surface area contributed by atoms with Gasteiger partial charge in [-0.2, -0.15) is 0 Å². The van der Waals surface area contributed by atoms with Gasteiger partial charge < -0.3 is 4.90 Å². The SMILES string of the molecule is C=C(/C=C/C(C)=C/[C@@H](C)C(=C)c1ccc(N(C)C)cc1)NN=O. The van der Waals surface area contributed by atoms with Crippen LogP contribution >= 0.6 is 0 Å². The summed E-state index contributed by atoms with van der Waals surface area (Å²) < 4.78 is 0. The Bertz CT molecular complexity index is 625. The smallest absolute Gasteiger partial charge is 0.0546 e. The molecule has 23 heavy (non-hydrogen) atoms. The lowest BCUT2D eigenvalue weighted by atomic mass is 9.93. The maximum Gasteiger partial charge on any atom is 0.0546 e. The molecule has 0 unspecified atom stereocenters. The van der Waals surface area contributed by atoms with Gasteiger partial charge in [-0.05, 0) is 42.2 Å². The van der Waals surface area contributed by atoms with E-state index in [2.05, 4.69) is 66.0 Å². The van der Waals surface area contributed by atoms with Gasteiger partial charge in [-0.3, -0.25) is 0 Å². The van der Waals surface area contributed by atoms with Crippen molar-refractivity contribution in [2.45, 2.75) is 13.8 Å². The van der Waals surface area contributed by atoms with Crippen molar-refractivity contribution < 1.29 is 0 Å². The van der Waals surface area contributed by atoms with Crippen molar-refractivity contribution in [1.82, 2.24) is 5.43 Å². The first-order chi connectivity index (χ1) is 10.8. The minimum absolute atomic E-state index is 0.204. The molecule has 1 N–H and O–H groups in total. The molecule has 0 aliphatic carbocycles. The second-order valence-electron chi connectivity index (χ2n) is 5.73. The highest BCUT2D eigenvalue weighted by Gasteiger charge is 2.07. The molecule has 0 bridgehead atoms. The number of nitroso groups, excluding NO2 is 1. The van der Waals surface area contributed by atoms with E-state index in [1.165, 1.54) is 5.69 Å². The Balaban J connectivity index is 2.77. The van der Waals surface area contributed by atoms with Gasteiger partial charge in [0.25, 0.3) is 0 Å². The van der Waals surface area contributed by atoms with Crippen molar-refractivity contribution in [3.8, 4) is 0 Å². The number of hydrogen-bond donors (Lipinski definition) is 1. The van der Waals surface area contributed by atoms with Crippen LogP contribution in [0.2, 0.25) is 0 Å². The fourth-order valence-electron chi connectivity index (χ4n) is 2.11. The zero-order valence-corrected chi connectivity index (χ0v) is 14.3. The molecule has 0 radical (unpaired) electrons. The fraction of sp³-hybridized carbons (Fsp3) is 0.263. The molecule has 0 saturated heterocycles. The van der Waals surface area contributed by atoms with Crippen LogP contribution in [-0.4, -0.2) is 14.1 Å². The molecule has 4 nitrogen and oxygen atoms in total. The summed E-state index contributed by atoms with van der Waals surface area (Å²) in [5, 5.41) is 2.57. The number of benzene rings is 1. The number of rotatable bonds is 8. The highest BCUT2D eigenvalue weighted by Crippen LogP contribution is 2.25. The van der Waals surface area contributed by atoms with Gasteiger partial charge in [0.2, 0.25) is 0 Å². The first-order valence-corrected chi connectivity index (χ1v) is 7.45. The van der Waals surface area contributed by atoms with E-state index in [1.54, 1.807) is 6.08 Å². The third-order valence-electron chi connectivity index (χ3n) is 3.55. The minimum Gasteiger partial charge on any atom is -0.378 e. The maximum absolute atomic E-state index is 10.1. The lowest BCUT2D eigenvalue weighted by molar-refractivity contribution is 0.909. The maximum atomic E-state index is 10.1. The van der Waals surface area contributed by atoms with Crippen molar-refractivity contribution in [3.63, 3.8) is 0 Å². The zero-order valence-electron chi connectivity index (χ0n) is 14.3. The molecule has 0 aliphatic rings. The molecule has 1 aromatic rings. The topological polar surface area (TPSA) is 44.7 Å². The molecule has 0 saturated carbocycles. The third kappa shape index (κ3) is 5.94. The number of nitrogens with zero attached hydrogens (tertiary/aromatic N) is 2. The highest BCUT2D eigenvalue weighted by atomic mass is 16.3. The van der Waals surface area contributed by atoms with Gasteiger partial charge >= 0.3 is 0 Å². The zero-order chi connectivity index (χ0) is 17.4. The summed E-state index contributed by atoms with van der Waals surface area (Å²) in [6.45, 7) is 12.0. The highest BCUT2D eigenvalue weighted by molar-refractivity contribution is 5.68. The van der Waals surface area contributed by atoms with Gasteiger partial charge in [0.15, 0.2) is 0 Å². The van der Waals surface area contributed by atoms with Crippen LogP contribution in [0, 0.1) is 10.8 Å². The van der Waals surface area contributed by atoms with E-state index >= 15 is 0 Å². The minimum atomic E-state index is 0.204. The Hall–Kier alpha value is -2.62. The van der Waals surface area contributed by atoms with Crippen LogP contribution < -0.4 is 10.3 Å². The van der Waals surface area contributed by atoms with Gasteiger partial charge in [-0.15, -0.1) is 4.91 Å². The van der Waals surface area contributed by atoms with Gasteiger partial charge in [-0.25, -0.2) is 5.43 Å². The summed E-state index contributed by atoms with van der Waals surface area (Å²) in [6.07, 6.45) is 5.73. The quantitative estimate of drug-likeness (QED) is 0.430. The monoisotopic (exact) mass is 311 g/mol. The standard InChI is InChI=1S/C19H25N3O/c1-14(7-8-16(3)20-21-23)13-15(2)17(4)18-9-11-19(12-10-18)22(5)6/h7-13,15H,3-4H2,1-2,5-6H3,(H,20,23)/b8-7+,14-13+/t15-/m1/s1. The van der Waals surface area contributed by atoms with Gasteiger partial charge in [0.1, 0.15) is 0 Å². The predicted molar refractivity (Wildman–Crippen MR) is 99.9 cm³/mol. The van der Waals surface area contributed by atoms with E-state index in [-0.39, 0.29) is 5.92 Å². The van der Waals surface area contributed by atoms with Crippen molar-refractivity contribution in [3.05, 3.63) is 77.4 Å². The van der Waals surface area contributed by atoms with Crippen molar-refractivity contribution >= 4 is 11.3 Å². The predicted octanol–water partition coefficient (Wildman–Crippen LogP) is 4.69. The van der Waals surface area contributed by atoms with Crippen LogP contribution in [0.1, 0.15) is 19.4 Å². The summed E-state index contributed by atoms with van der Waals surface area (Å²) in [5.74, 6) is 0.204. The van der Waals surface area contributed by atoms with Crippen LogP contribution in [0.4, 0.5) is 5.69 Å². The Morgan fingerprint density at radius 1 is 1.22 bits per heavy atom. The molecule has 0 fully saturated rings. The van der Waals surface area contributed by atoms with E-state index in [0.29, 0.717) is 5.70 Å². The molecule has 4 heteroatoms. The Morgan fingerprint density at radius 2 is 1.83 bits per heavy atom. The van der Waals surface area contributed by atoms with E-state index in [4.69, 9.17) is 0 Å². The molecular formula is C19H25N3O. The summed E-state index contributed by atoms with van der Waals surface area (Å²) in [6, 6.07) is 8.36. The largest absolute Gasteiger partial charge is 0.378 e. The van der Waals surface area contributed by atoms with Crippen LogP contribution in [0.15, 0.2) is 72.2 Å². The van der Waals surface area contributed by atoms with E-state index in [1.807, 2.05) is 27.1 Å². The Labute approximate surface area is 138 Å². The van der Waals surface area contributed by atoms with Gasteiger partial charge in [0, 0.05) is 19.8 Å². The molecule has 0 heterocycles. The number of allylic oxidation sites excluding steroid dienone is 5. The Kier molecular flexibility index (Phi) is 7.00. The van der Waals surface area contributed by atoms with Crippen LogP contribution in [0.5, 0.6) is 0 Å². The van der Waals surface area contributed by atoms with E-state index < -0.39 is 0 Å². The molecule has 1 atom stereocenters. The molecule has 0 amide bonds. The summed E-state index contributed by atoms with van der Waals surface area (Å²) in [5.41, 5.74) is 7.14. The van der Waals surface area contributed by atoms with Gasteiger partial charge in [0.05, 0.1) is 11.0 Å². The summed E-state index contributed by atoms with van der Waals surface area (Å²) >= 11 is 0. The first kappa shape index (κ1) is 18.4. The summed E-state index contributed by atoms with van der Waals surface area (Å²) in [7, 11) is 4.04. The van der Waals surface area contributed by atoms with Crippen molar-refractivity contribution in [2.24, 2.45) is 11.2 Å². The number of hydrogen-bond acceptors (Lipinski definition) is 3. The number of nitrogens with one attached hydrogen (secondary N) is 1. The van der Waals surface area contributed by atoms with Crippen molar-refractivity contribution in [2.75, 3.05) is 19.0 Å². The molecule has 1 rings (SSSR count). The van der Waals surface area contributed by atoms with Gasteiger partial charge in [-0.1, -0.05) is 49.9 Å². The second kappa shape index (κ2) is 8.73. The molecule has 122 valence electrons. The van der Waals surface area contributed by atoms with Crippen molar-refractivity contribution in [1.29, 1.82) is 0 Å². The third-order valence-corrected chi connectivity index (χ3v) is 3.55. The first-order valence-electron chi connectivity index (χ1n) is 7.45. The lowest BCUT2D eigenvalue weighted by Gasteiger charge is -2.15. The average Bonchev–Trinajstić information content (AvgIpc) is 2.52. The molecule has 1 aromatic carbocycles. The van der Waals surface area contributed by atoms with E-state index in [0.717, 1.165) is 16.7 Å². The second-order valence-corrected chi connectivity index (χ2v) is 5.73. The molecule has 0 spiro atoms. The molecule has 0 aliphatic heterocycles. The molecule has 0 aromatic heterocycles.